The van der Waals surface area contributed by atoms with Gasteiger partial charge in [0.1, 0.15) is 37.6 Å². The molecular weight excluding hydrogens is 933 g/mol. The van der Waals surface area contributed by atoms with E-state index >= 15 is 0 Å². The first-order chi connectivity index (χ1) is 31.5. The number of Topliss-reactive ketones (excluding diaryl/α,β-unsaturated/α-hetero) is 3. The molecule has 67 heavy (non-hydrogen) atoms. The fraction of sp³-hybridized carbons (Fsp3) is 0.0455. The number of allylic oxidation sites excluding steroid dienone is 3. The summed E-state index contributed by atoms with van der Waals surface area (Å²) in [5.74, 6) is -3.66. The van der Waals surface area contributed by atoms with Gasteiger partial charge in [0.2, 0.25) is 17.3 Å². The van der Waals surface area contributed by atoms with Crippen molar-refractivity contribution in [2.45, 2.75) is 13.8 Å². The van der Waals surface area contributed by atoms with Crippen LogP contribution in [0, 0.1) is 13.8 Å². The predicted octanol–water partition coefficient (Wildman–Crippen LogP) is 6.06. The van der Waals surface area contributed by atoms with Crippen molar-refractivity contribution < 1.29 is 63.5 Å². The highest BCUT2D eigenvalue weighted by Gasteiger charge is 2.35. The van der Waals surface area contributed by atoms with Gasteiger partial charge in [-0.3, -0.25) is 44.3 Å². The molecule has 0 radical (unpaired) electrons. The predicted molar refractivity (Wildman–Crippen MR) is 249 cm³/mol. The minimum Gasteiger partial charge on any atom is -0.507 e. The smallest absolute Gasteiger partial charge is 0.296 e. The molecule has 8 N–H and O–H groups in total. The summed E-state index contributed by atoms with van der Waals surface area (Å²) in [6.07, 6.45) is 2.73. The van der Waals surface area contributed by atoms with Crippen LogP contribution in [0.1, 0.15) is 58.9 Å². The highest BCUT2D eigenvalue weighted by Crippen LogP contribution is 2.37. The molecular formula is C44H32N6O14S3. The molecule has 0 bridgehead atoms. The average molecular weight is 965 g/mol. The number of nitrogens with zero attached hydrogens (tertiary/aromatic N) is 3. The average Bonchev–Trinajstić information content (AvgIpc) is 3.25. The third kappa shape index (κ3) is 8.80. The van der Waals surface area contributed by atoms with Gasteiger partial charge in [-0.25, -0.2) is 0 Å². The van der Waals surface area contributed by atoms with Gasteiger partial charge in [0, 0.05) is 16.7 Å². The molecule has 0 saturated heterocycles. The van der Waals surface area contributed by atoms with Crippen molar-refractivity contribution in [2.24, 2.45) is 15.3 Å². The van der Waals surface area contributed by atoms with Gasteiger partial charge in [0.25, 0.3) is 30.4 Å². The SMILES string of the molecule is Cc1cc(-c2ccc(NN=C3C(=O)c4cc(NN=C5C=C(S(=O)(=O)O)c6cccc(O)c6C5=O)ccc4C=C3S(=O)(=O)O)c(C)c2)ccc1NN=C1C=C(S(=O)(=O)O)c2cccc(O)c2C1=O. The molecule has 0 fully saturated rings. The zero-order valence-corrected chi connectivity index (χ0v) is 36.8. The Morgan fingerprint density at radius 3 is 1.40 bits per heavy atom. The fourth-order valence-electron chi connectivity index (χ4n) is 7.35. The Balaban J connectivity index is 1.02. The summed E-state index contributed by atoms with van der Waals surface area (Å²) >= 11 is 0. The van der Waals surface area contributed by atoms with E-state index in [0.717, 1.165) is 24.3 Å². The van der Waals surface area contributed by atoms with Gasteiger partial charge in [-0.05, 0) is 108 Å². The minimum atomic E-state index is -5.02. The lowest BCUT2D eigenvalue weighted by Crippen LogP contribution is -2.27. The number of benzene rings is 5. The first-order valence-corrected chi connectivity index (χ1v) is 23.6. The van der Waals surface area contributed by atoms with Crippen molar-refractivity contribution in [3.05, 3.63) is 153 Å². The number of aryl methyl sites for hydroxylation is 2. The van der Waals surface area contributed by atoms with E-state index in [2.05, 4.69) is 31.6 Å². The van der Waals surface area contributed by atoms with E-state index in [9.17, 15) is 63.5 Å². The molecule has 0 atom stereocenters. The maximum atomic E-state index is 13.9. The van der Waals surface area contributed by atoms with Crippen LogP contribution in [0.2, 0.25) is 0 Å². The Hall–Kier alpha value is -7.93. The van der Waals surface area contributed by atoms with Crippen LogP contribution < -0.4 is 16.3 Å². The molecule has 5 aromatic carbocycles. The van der Waals surface area contributed by atoms with Crippen LogP contribution in [0.25, 0.3) is 27.0 Å². The molecule has 0 aliphatic heterocycles. The van der Waals surface area contributed by atoms with E-state index in [4.69, 9.17) is 0 Å². The Morgan fingerprint density at radius 2 is 0.940 bits per heavy atom. The lowest BCUT2D eigenvalue weighted by Gasteiger charge is -2.18. The first kappa shape index (κ1) is 45.6. The van der Waals surface area contributed by atoms with Crippen molar-refractivity contribution in [1.82, 2.24) is 0 Å². The van der Waals surface area contributed by atoms with E-state index in [1.54, 1.807) is 50.2 Å². The summed E-state index contributed by atoms with van der Waals surface area (Å²) < 4.78 is 103. The van der Waals surface area contributed by atoms with Crippen molar-refractivity contribution in [1.29, 1.82) is 0 Å². The summed E-state index contributed by atoms with van der Waals surface area (Å²) in [5, 5.41) is 32.8. The van der Waals surface area contributed by atoms with E-state index in [0.29, 0.717) is 33.6 Å². The van der Waals surface area contributed by atoms with E-state index in [-0.39, 0.29) is 39.2 Å². The number of hydrogen-bond acceptors (Lipinski definition) is 17. The van der Waals surface area contributed by atoms with E-state index in [1.807, 2.05) is 0 Å². The van der Waals surface area contributed by atoms with Crippen molar-refractivity contribution >= 4 is 97.8 Å². The van der Waals surface area contributed by atoms with Gasteiger partial charge in [-0.15, -0.1) is 0 Å². The molecule has 0 saturated carbocycles. The molecule has 5 aromatic rings. The van der Waals surface area contributed by atoms with Crippen molar-refractivity contribution in [3.63, 3.8) is 0 Å². The third-order valence-corrected chi connectivity index (χ3v) is 13.3. The van der Waals surface area contributed by atoms with E-state index in [1.165, 1.54) is 48.5 Å². The zero-order valence-electron chi connectivity index (χ0n) is 34.4. The van der Waals surface area contributed by atoms with Crippen LogP contribution >= 0.6 is 0 Å². The number of phenolic OH excluding ortho intramolecular Hbond substituents is 2. The number of phenols is 2. The number of nitrogens with one attached hydrogen (secondary N) is 3. The van der Waals surface area contributed by atoms with Crippen LogP contribution in [0.5, 0.6) is 11.5 Å². The molecule has 0 unspecified atom stereocenters. The summed E-state index contributed by atoms with van der Waals surface area (Å²) in [5.41, 5.74) is 8.62. The number of ketones is 3. The Morgan fingerprint density at radius 1 is 0.478 bits per heavy atom. The summed E-state index contributed by atoms with van der Waals surface area (Å²) in [7, 11) is -14.7. The minimum absolute atomic E-state index is 0.0603. The van der Waals surface area contributed by atoms with Crippen molar-refractivity contribution in [3.8, 4) is 22.6 Å². The molecule has 0 amide bonds. The second kappa shape index (κ2) is 16.8. The Bertz CT molecular complexity index is 3630. The topological polar surface area (TPSA) is 328 Å². The van der Waals surface area contributed by atoms with Crippen LogP contribution in [-0.2, 0) is 30.4 Å². The maximum absolute atomic E-state index is 13.9. The normalized spacial score (nSPS) is 16.8. The van der Waals surface area contributed by atoms with E-state index < -0.39 is 90.9 Å². The fourth-order valence-corrected chi connectivity index (χ4v) is 9.43. The summed E-state index contributed by atoms with van der Waals surface area (Å²) in [4.78, 5) is 38.1. The van der Waals surface area contributed by atoms with Crippen LogP contribution in [0.15, 0.2) is 123 Å². The van der Waals surface area contributed by atoms with Gasteiger partial charge in [-0.2, -0.15) is 40.6 Å². The molecule has 3 aliphatic rings. The van der Waals surface area contributed by atoms with Crippen LogP contribution in [0.3, 0.4) is 0 Å². The number of rotatable bonds is 10. The van der Waals surface area contributed by atoms with Gasteiger partial charge in [0.15, 0.2) is 5.71 Å². The largest absolute Gasteiger partial charge is 0.507 e. The molecule has 8 rings (SSSR count). The summed E-state index contributed by atoms with van der Waals surface area (Å²) in [6, 6.07) is 21.6. The number of carbonyl (C=O) groups excluding carboxylic acids is 3. The standard InChI is InChI=1S/C44H32N6O14S3/c1-21-15-23(10-13-30(21)46-49-33-20-37(66(59,60)61)28-6-4-8-35(52)40(28)44(33)55)24-11-14-31(22(2)16-24)47-50-41-38(67(62,63)64)17-25-9-12-26(18-29(25)42(41)53)45-48-32-19-36(65(56,57)58)27-5-3-7-34(51)39(27)43(32)54/h3-20,45-47,51-52H,1-2H3,(H,56,57,58)(H,59,60,61)(H,62,63,64). The number of anilines is 3. The molecule has 0 aromatic heterocycles. The number of fused-ring (bicyclic) bond motifs is 3. The van der Waals surface area contributed by atoms with Gasteiger partial charge in [0.05, 0.1) is 28.2 Å². The molecule has 340 valence electrons. The molecule has 23 heteroatoms. The number of hydrazone groups is 3. The third-order valence-electron chi connectivity index (χ3n) is 10.6. The Kier molecular flexibility index (Phi) is 11.4. The number of aromatic hydroxyl groups is 2. The zero-order chi connectivity index (χ0) is 48.3. The Labute approximate surface area is 380 Å². The number of carbonyl (C=O) groups is 3. The van der Waals surface area contributed by atoms with Gasteiger partial charge >= 0.3 is 0 Å². The summed E-state index contributed by atoms with van der Waals surface area (Å²) in [6.45, 7) is 3.45. The first-order valence-electron chi connectivity index (χ1n) is 19.2. The van der Waals surface area contributed by atoms with Gasteiger partial charge < -0.3 is 10.2 Å². The highest BCUT2D eigenvalue weighted by atomic mass is 32.2. The molecule has 3 aliphatic carbocycles. The molecule has 0 spiro atoms. The monoisotopic (exact) mass is 964 g/mol. The van der Waals surface area contributed by atoms with Crippen LogP contribution in [-0.4, -0.2) is 83.6 Å². The second-order valence-corrected chi connectivity index (χ2v) is 19.2. The molecule has 20 nitrogen and oxygen atoms in total. The van der Waals surface area contributed by atoms with Crippen molar-refractivity contribution in [2.75, 3.05) is 16.3 Å². The second-order valence-electron chi connectivity index (χ2n) is 15.0. The van der Waals surface area contributed by atoms with Crippen LogP contribution in [0.4, 0.5) is 17.1 Å². The highest BCUT2D eigenvalue weighted by molar-refractivity contribution is 7.95. The number of hydrogen-bond donors (Lipinski definition) is 8. The lowest BCUT2D eigenvalue weighted by molar-refractivity contribution is 0.105. The lowest BCUT2D eigenvalue weighted by atomic mass is 9.93. The van der Waals surface area contributed by atoms with Gasteiger partial charge in [-0.1, -0.05) is 42.5 Å². The maximum Gasteiger partial charge on any atom is 0.296 e. The molecule has 0 heterocycles. The quantitative estimate of drug-likeness (QED) is 0.0582.